The third-order valence-electron chi connectivity index (χ3n) is 2.11. The first-order valence-electron chi connectivity index (χ1n) is 4.16. The second-order valence-corrected chi connectivity index (χ2v) is 2.93. The normalized spacial score (nSPS) is 10.4. The minimum atomic E-state index is -0.394. The summed E-state index contributed by atoms with van der Waals surface area (Å²) in [6, 6.07) is 4.64. The van der Waals surface area contributed by atoms with E-state index in [9.17, 15) is 9.18 Å². The molecular formula is C11H8FNO. The van der Waals surface area contributed by atoms with Crippen LogP contribution >= 0.6 is 0 Å². The molecule has 1 N–H and O–H groups in total. The van der Waals surface area contributed by atoms with E-state index in [1.807, 2.05) is 0 Å². The van der Waals surface area contributed by atoms with Crippen molar-refractivity contribution in [2.24, 2.45) is 0 Å². The zero-order valence-electron chi connectivity index (χ0n) is 7.38. The number of carbonyl (C=O) groups excluding carboxylic acids is 1. The molecule has 0 fully saturated rings. The number of hydrogen-bond donors (Lipinski definition) is 1. The lowest BCUT2D eigenvalue weighted by Gasteiger charge is -1.94. The Balaban J connectivity index is 2.79. The highest BCUT2D eigenvalue weighted by atomic mass is 19.1. The number of halogens is 1. The number of carbonyl (C=O) groups is 1. The highest BCUT2D eigenvalue weighted by Crippen LogP contribution is 2.21. The Morgan fingerprint density at radius 1 is 1.50 bits per heavy atom. The molecule has 1 heterocycles. The molecule has 0 spiro atoms. The van der Waals surface area contributed by atoms with Crippen LogP contribution in [-0.4, -0.2) is 10.8 Å². The number of allylic oxidation sites excluding steroid dienone is 1. The molecular weight excluding hydrogens is 181 g/mol. The van der Waals surface area contributed by atoms with Gasteiger partial charge in [-0.1, -0.05) is 12.6 Å². The maximum Gasteiger partial charge on any atom is 0.187 e. The molecule has 3 heteroatoms. The van der Waals surface area contributed by atoms with E-state index < -0.39 is 5.82 Å². The number of fused-ring (bicyclic) bond motifs is 1. The summed E-state index contributed by atoms with van der Waals surface area (Å²) in [6.07, 6.45) is 2.67. The zero-order chi connectivity index (χ0) is 10.1. The number of aromatic nitrogens is 1. The van der Waals surface area contributed by atoms with Crippen LogP contribution in [0.2, 0.25) is 0 Å². The molecule has 70 valence electrons. The van der Waals surface area contributed by atoms with E-state index in [4.69, 9.17) is 0 Å². The molecule has 14 heavy (non-hydrogen) atoms. The van der Waals surface area contributed by atoms with Crippen LogP contribution in [0.5, 0.6) is 0 Å². The minimum Gasteiger partial charge on any atom is -0.360 e. The number of rotatable bonds is 2. The molecule has 0 unspecified atom stereocenters. The van der Waals surface area contributed by atoms with Gasteiger partial charge in [-0.3, -0.25) is 4.79 Å². The van der Waals surface area contributed by atoms with Gasteiger partial charge in [0.1, 0.15) is 5.82 Å². The smallest absolute Gasteiger partial charge is 0.187 e. The summed E-state index contributed by atoms with van der Waals surface area (Å²) in [5.41, 5.74) is 0.948. The molecule has 0 radical (unpaired) electrons. The fourth-order valence-corrected chi connectivity index (χ4v) is 1.44. The SMILES string of the molecule is C=CC(=O)c1c[nH]c2cccc(F)c12. The Morgan fingerprint density at radius 2 is 2.29 bits per heavy atom. The fraction of sp³-hybridized carbons (Fsp3) is 0. The second-order valence-electron chi connectivity index (χ2n) is 2.93. The molecule has 2 nitrogen and oxygen atoms in total. The molecule has 0 aliphatic carbocycles. The van der Waals surface area contributed by atoms with Crippen LogP contribution in [0.3, 0.4) is 0 Å². The van der Waals surface area contributed by atoms with Gasteiger partial charge >= 0.3 is 0 Å². The molecule has 0 atom stereocenters. The standard InChI is InChI=1S/C11H8FNO/c1-2-10(14)7-6-13-9-5-3-4-8(12)11(7)9/h2-6,13H,1H2. The van der Waals surface area contributed by atoms with Crippen molar-refractivity contribution in [2.45, 2.75) is 0 Å². The molecule has 2 aromatic rings. The largest absolute Gasteiger partial charge is 0.360 e. The van der Waals surface area contributed by atoms with E-state index in [0.717, 1.165) is 0 Å². The minimum absolute atomic E-state index is 0.277. The van der Waals surface area contributed by atoms with Crippen molar-refractivity contribution in [1.82, 2.24) is 4.98 Å². The topological polar surface area (TPSA) is 32.9 Å². The van der Waals surface area contributed by atoms with E-state index in [1.54, 1.807) is 12.1 Å². The Kier molecular flexibility index (Phi) is 1.93. The molecule has 0 aliphatic rings. The van der Waals surface area contributed by atoms with E-state index in [2.05, 4.69) is 11.6 Å². The van der Waals surface area contributed by atoms with Crippen molar-refractivity contribution < 1.29 is 9.18 Å². The van der Waals surface area contributed by atoms with E-state index >= 15 is 0 Å². The van der Waals surface area contributed by atoms with Gasteiger partial charge in [0.05, 0.1) is 5.56 Å². The first-order chi connectivity index (χ1) is 6.74. The predicted octanol–water partition coefficient (Wildman–Crippen LogP) is 2.68. The zero-order valence-corrected chi connectivity index (χ0v) is 7.38. The Labute approximate surface area is 80.1 Å². The Hall–Kier alpha value is -1.90. The maximum atomic E-state index is 13.4. The first-order valence-corrected chi connectivity index (χ1v) is 4.16. The summed E-state index contributed by atoms with van der Waals surface area (Å²) < 4.78 is 13.4. The lowest BCUT2D eigenvalue weighted by molar-refractivity contribution is 0.104. The number of ketones is 1. The summed E-state index contributed by atoms with van der Waals surface area (Å²) in [4.78, 5) is 14.2. The number of benzene rings is 1. The van der Waals surface area contributed by atoms with Crippen LogP contribution in [-0.2, 0) is 0 Å². The second kappa shape index (κ2) is 3.10. The van der Waals surface area contributed by atoms with Gasteiger partial charge in [0.25, 0.3) is 0 Å². The van der Waals surface area contributed by atoms with Crippen LogP contribution in [0.1, 0.15) is 10.4 Å². The Bertz CT molecular complexity index is 513. The average Bonchev–Trinajstić information content (AvgIpc) is 2.62. The number of aromatic amines is 1. The lowest BCUT2D eigenvalue weighted by Crippen LogP contribution is -1.92. The highest BCUT2D eigenvalue weighted by molar-refractivity contribution is 6.13. The van der Waals surface area contributed by atoms with Gasteiger partial charge in [-0.25, -0.2) is 4.39 Å². The van der Waals surface area contributed by atoms with Crippen LogP contribution in [0.15, 0.2) is 37.1 Å². The predicted molar refractivity (Wildman–Crippen MR) is 52.8 cm³/mol. The summed E-state index contributed by atoms with van der Waals surface area (Å²) >= 11 is 0. The number of nitrogens with one attached hydrogen (secondary N) is 1. The van der Waals surface area contributed by atoms with E-state index in [-0.39, 0.29) is 5.78 Å². The van der Waals surface area contributed by atoms with Crippen molar-refractivity contribution >= 4 is 16.7 Å². The van der Waals surface area contributed by atoms with Crippen molar-refractivity contribution in [3.63, 3.8) is 0 Å². The molecule has 0 bridgehead atoms. The molecule has 1 aromatic heterocycles. The van der Waals surface area contributed by atoms with E-state index in [1.165, 1.54) is 18.3 Å². The summed E-state index contributed by atoms with van der Waals surface area (Å²) in [5.74, 6) is -0.671. The van der Waals surface area contributed by atoms with Gasteiger partial charge in [-0.15, -0.1) is 0 Å². The molecule has 0 saturated carbocycles. The molecule has 2 rings (SSSR count). The van der Waals surface area contributed by atoms with Gasteiger partial charge in [-0.05, 0) is 18.2 Å². The van der Waals surface area contributed by atoms with Crippen LogP contribution in [0, 0.1) is 5.82 Å². The van der Waals surface area contributed by atoms with Crippen LogP contribution in [0.25, 0.3) is 10.9 Å². The molecule has 0 aliphatic heterocycles. The third-order valence-corrected chi connectivity index (χ3v) is 2.11. The summed E-state index contributed by atoms with van der Waals surface area (Å²) in [5, 5.41) is 0.331. The monoisotopic (exact) mass is 189 g/mol. The molecule has 1 aromatic carbocycles. The van der Waals surface area contributed by atoms with Crippen molar-refractivity contribution in [2.75, 3.05) is 0 Å². The average molecular weight is 189 g/mol. The van der Waals surface area contributed by atoms with Crippen molar-refractivity contribution in [3.05, 3.63) is 48.4 Å². The molecule has 0 saturated heterocycles. The van der Waals surface area contributed by atoms with Crippen LogP contribution in [0.4, 0.5) is 4.39 Å². The summed E-state index contributed by atoms with van der Waals surface area (Å²) in [7, 11) is 0. The Morgan fingerprint density at radius 3 is 3.00 bits per heavy atom. The van der Waals surface area contributed by atoms with Gasteiger partial charge in [0.15, 0.2) is 5.78 Å². The number of hydrogen-bond acceptors (Lipinski definition) is 1. The highest BCUT2D eigenvalue weighted by Gasteiger charge is 2.12. The fourth-order valence-electron chi connectivity index (χ4n) is 1.44. The van der Waals surface area contributed by atoms with Gasteiger partial charge in [-0.2, -0.15) is 0 Å². The van der Waals surface area contributed by atoms with Crippen molar-refractivity contribution in [3.8, 4) is 0 Å². The van der Waals surface area contributed by atoms with Gasteiger partial charge in [0, 0.05) is 17.1 Å². The first kappa shape index (κ1) is 8.69. The maximum absolute atomic E-state index is 13.4. The number of H-pyrrole nitrogens is 1. The van der Waals surface area contributed by atoms with Crippen molar-refractivity contribution in [1.29, 1.82) is 0 Å². The third kappa shape index (κ3) is 1.14. The van der Waals surface area contributed by atoms with Crippen LogP contribution < -0.4 is 0 Å². The lowest BCUT2D eigenvalue weighted by atomic mass is 10.1. The van der Waals surface area contributed by atoms with E-state index in [0.29, 0.717) is 16.5 Å². The quantitative estimate of drug-likeness (QED) is 0.571. The molecule has 0 amide bonds. The van der Waals surface area contributed by atoms with Gasteiger partial charge < -0.3 is 4.98 Å². The van der Waals surface area contributed by atoms with Gasteiger partial charge in [0.2, 0.25) is 0 Å². The summed E-state index contributed by atoms with van der Waals surface area (Å²) in [6.45, 7) is 3.37.